The molecule has 0 aromatic heterocycles. The van der Waals surface area contributed by atoms with Crippen LogP contribution in [-0.4, -0.2) is 23.5 Å². The first-order chi connectivity index (χ1) is 14.6. The molecular weight excluding hydrogens is 435 g/mol. The van der Waals surface area contributed by atoms with E-state index in [9.17, 15) is 0 Å². The Morgan fingerprint density at radius 1 is 0.767 bits per heavy atom. The Hall–Kier alpha value is -2.00. The SMILES string of the molecule is Clc1ccc(C2=[N+](Cc3ccccc3)CCCCCN2c2ccc(Cl)c(Cl)c2)cc1. The molecule has 0 fully saturated rings. The molecule has 5 heteroatoms. The third kappa shape index (κ3) is 5.00. The normalized spacial score (nSPS) is 15.1. The summed E-state index contributed by atoms with van der Waals surface area (Å²) in [6.07, 6.45) is 3.48. The molecular formula is C25H24Cl3N2+. The summed E-state index contributed by atoms with van der Waals surface area (Å²) in [4.78, 5) is 2.37. The minimum Gasteiger partial charge on any atom is -0.257 e. The van der Waals surface area contributed by atoms with Gasteiger partial charge in [0.25, 0.3) is 5.84 Å². The molecule has 0 N–H and O–H groups in total. The minimum absolute atomic E-state index is 0.571. The number of benzene rings is 3. The van der Waals surface area contributed by atoms with Crippen LogP contribution < -0.4 is 4.90 Å². The lowest BCUT2D eigenvalue weighted by molar-refractivity contribution is -0.545. The summed E-state index contributed by atoms with van der Waals surface area (Å²) in [6.45, 7) is 2.75. The molecule has 0 amide bonds. The van der Waals surface area contributed by atoms with Gasteiger partial charge in [-0.3, -0.25) is 4.58 Å². The summed E-state index contributed by atoms with van der Waals surface area (Å²) in [6, 6.07) is 24.6. The van der Waals surface area contributed by atoms with Gasteiger partial charge in [0.15, 0.2) is 0 Å². The molecule has 30 heavy (non-hydrogen) atoms. The van der Waals surface area contributed by atoms with Crippen molar-refractivity contribution in [2.75, 3.05) is 18.0 Å². The van der Waals surface area contributed by atoms with Crippen LogP contribution in [0.4, 0.5) is 5.69 Å². The second-order valence-electron chi connectivity index (χ2n) is 7.55. The number of amidine groups is 1. The maximum Gasteiger partial charge on any atom is 0.284 e. The molecule has 1 heterocycles. The molecule has 154 valence electrons. The standard InChI is InChI=1S/C25H24Cl3N2/c26-21-11-9-20(10-12-21)25-29(18-19-7-3-1-4-8-19)15-5-2-6-16-30(25)22-13-14-23(27)24(28)17-22/h1,3-4,7-14,17H,2,5-6,15-16,18H2/q+1. The van der Waals surface area contributed by atoms with Crippen LogP contribution in [0.15, 0.2) is 72.8 Å². The van der Waals surface area contributed by atoms with Gasteiger partial charge < -0.3 is 0 Å². The predicted molar refractivity (Wildman–Crippen MR) is 128 cm³/mol. The van der Waals surface area contributed by atoms with Gasteiger partial charge in [0.2, 0.25) is 0 Å². The lowest BCUT2D eigenvalue weighted by Crippen LogP contribution is -2.41. The largest absolute Gasteiger partial charge is 0.284 e. The van der Waals surface area contributed by atoms with E-state index < -0.39 is 0 Å². The van der Waals surface area contributed by atoms with Crippen LogP contribution >= 0.6 is 34.8 Å². The van der Waals surface area contributed by atoms with Crippen LogP contribution in [-0.2, 0) is 6.54 Å². The highest BCUT2D eigenvalue weighted by atomic mass is 35.5. The lowest BCUT2D eigenvalue weighted by Gasteiger charge is -2.26. The first-order valence-electron chi connectivity index (χ1n) is 10.3. The van der Waals surface area contributed by atoms with Crippen LogP contribution in [0.2, 0.25) is 15.1 Å². The van der Waals surface area contributed by atoms with E-state index in [4.69, 9.17) is 34.8 Å². The van der Waals surface area contributed by atoms with Gasteiger partial charge in [-0.2, -0.15) is 0 Å². The Morgan fingerprint density at radius 2 is 1.53 bits per heavy atom. The molecule has 0 spiro atoms. The predicted octanol–water partition coefficient (Wildman–Crippen LogP) is 7.30. The highest BCUT2D eigenvalue weighted by Gasteiger charge is 2.29. The topological polar surface area (TPSA) is 6.25 Å². The number of halogens is 3. The average molecular weight is 459 g/mol. The van der Waals surface area contributed by atoms with Crippen molar-refractivity contribution in [1.29, 1.82) is 0 Å². The van der Waals surface area contributed by atoms with Gasteiger partial charge >= 0.3 is 0 Å². The van der Waals surface area contributed by atoms with Crippen LogP contribution in [0.1, 0.15) is 30.4 Å². The second-order valence-corrected chi connectivity index (χ2v) is 8.80. The van der Waals surface area contributed by atoms with E-state index in [0.29, 0.717) is 10.0 Å². The second kappa shape index (κ2) is 9.87. The van der Waals surface area contributed by atoms with Crippen molar-refractivity contribution < 1.29 is 4.58 Å². The zero-order chi connectivity index (χ0) is 20.9. The molecule has 0 atom stereocenters. The maximum atomic E-state index is 6.39. The van der Waals surface area contributed by atoms with Crippen molar-refractivity contribution in [1.82, 2.24) is 0 Å². The first kappa shape index (κ1) is 21.2. The van der Waals surface area contributed by atoms with Gasteiger partial charge in [0, 0.05) is 11.1 Å². The van der Waals surface area contributed by atoms with Crippen molar-refractivity contribution in [3.8, 4) is 0 Å². The van der Waals surface area contributed by atoms with Crippen LogP contribution in [0, 0.1) is 0 Å². The van der Waals surface area contributed by atoms with E-state index in [1.807, 2.05) is 30.3 Å². The van der Waals surface area contributed by atoms with E-state index in [0.717, 1.165) is 42.3 Å². The smallest absolute Gasteiger partial charge is 0.257 e. The van der Waals surface area contributed by atoms with Gasteiger partial charge in [-0.15, -0.1) is 0 Å². The fraction of sp³-hybridized carbons (Fsp3) is 0.240. The summed E-state index contributed by atoms with van der Waals surface area (Å²) < 4.78 is 2.47. The summed E-state index contributed by atoms with van der Waals surface area (Å²) >= 11 is 18.8. The van der Waals surface area contributed by atoms with Gasteiger partial charge in [-0.1, -0.05) is 65.1 Å². The quantitative estimate of drug-likeness (QED) is 0.372. The van der Waals surface area contributed by atoms with Crippen molar-refractivity contribution in [2.45, 2.75) is 25.8 Å². The van der Waals surface area contributed by atoms with Crippen LogP contribution in [0.25, 0.3) is 0 Å². The molecule has 3 aromatic carbocycles. The summed E-state index contributed by atoms with van der Waals surface area (Å²) in [5.41, 5.74) is 3.48. The highest BCUT2D eigenvalue weighted by Crippen LogP contribution is 2.29. The van der Waals surface area contributed by atoms with E-state index in [1.165, 1.54) is 24.2 Å². The zero-order valence-electron chi connectivity index (χ0n) is 16.7. The molecule has 3 aromatic rings. The van der Waals surface area contributed by atoms with Crippen molar-refractivity contribution in [2.24, 2.45) is 0 Å². The summed E-state index contributed by atoms with van der Waals surface area (Å²) in [5, 5.41) is 1.88. The Balaban J connectivity index is 1.87. The zero-order valence-corrected chi connectivity index (χ0v) is 19.0. The third-order valence-electron chi connectivity index (χ3n) is 5.40. The fourth-order valence-corrected chi connectivity index (χ4v) is 4.35. The average Bonchev–Trinajstić information content (AvgIpc) is 2.74. The lowest BCUT2D eigenvalue weighted by atomic mass is 10.1. The molecule has 4 rings (SSSR count). The van der Waals surface area contributed by atoms with Crippen molar-refractivity contribution in [3.63, 3.8) is 0 Å². The first-order valence-corrected chi connectivity index (χ1v) is 11.4. The highest BCUT2D eigenvalue weighted by molar-refractivity contribution is 6.42. The summed E-state index contributed by atoms with van der Waals surface area (Å²) in [5.74, 6) is 1.17. The van der Waals surface area contributed by atoms with E-state index in [-0.39, 0.29) is 0 Å². The number of hydrogen-bond donors (Lipinski definition) is 0. The Labute approximate surface area is 193 Å². The third-order valence-corrected chi connectivity index (χ3v) is 6.39. The monoisotopic (exact) mass is 457 g/mol. The Kier molecular flexibility index (Phi) is 6.99. The van der Waals surface area contributed by atoms with Crippen LogP contribution in [0.5, 0.6) is 0 Å². The number of hydrogen-bond acceptors (Lipinski definition) is 1. The molecule has 0 saturated carbocycles. The van der Waals surface area contributed by atoms with Crippen molar-refractivity contribution in [3.05, 3.63) is 99.0 Å². The fourth-order valence-electron chi connectivity index (χ4n) is 3.93. The molecule has 0 aliphatic carbocycles. The van der Waals surface area contributed by atoms with Gasteiger partial charge in [-0.25, -0.2) is 4.90 Å². The van der Waals surface area contributed by atoms with E-state index in [2.05, 4.69) is 51.9 Å². The molecule has 2 nitrogen and oxygen atoms in total. The molecule has 0 radical (unpaired) electrons. The molecule has 0 saturated heterocycles. The van der Waals surface area contributed by atoms with E-state index >= 15 is 0 Å². The molecule has 0 bridgehead atoms. The van der Waals surface area contributed by atoms with Crippen LogP contribution in [0.3, 0.4) is 0 Å². The minimum atomic E-state index is 0.571. The Bertz CT molecular complexity index is 1030. The number of nitrogens with zero attached hydrogens (tertiary/aromatic N) is 2. The number of anilines is 1. The molecule has 1 aliphatic rings. The van der Waals surface area contributed by atoms with Gasteiger partial charge in [0.05, 0.1) is 28.7 Å². The van der Waals surface area contributed by atoms with Gasteiger partial charge in [0.1, 0.15) is 12.2 Å². The maximum absolute atomic E-state index is 6.39. The van der Waals surface area contributed by atoms with E-state index in [1.54, 1.807) is 0 Å². The van der Waals surface area contributed by atoms with Crippen molar-refractivity contribution >= 4 is 46.3 Å². The molecule has 1 aliphatic heterocycles. The molecule has 0 unspecified atom stereocenters. The van der Waals surface area contributed by atoms with Gasteiger partial charge in [-0.05, 0) is 61.2 Å². The summed E-state index contributed by atoms with van der Waals surface area (Å²) in [7, 11) is 0. The number of rotatable bonds is 4. The Morgan fingerprint density at radius 3 is 2.27 bits per heavy atom.